The lowest BCUT2D eigenvalue weighted by Gasteiger charge is -2.34. The Bertz CT molecular complexity index is 192. The number of hydrogen-bond donors (Lipinski definition) is 2. The van der Waals surface area contributed by atoms with Gasteiger partial charge in [0.2, 0.25) is 0 Å². The predicted octanol–water partition coefficient (Wildman–Crippen LogP) is 2.69. The van der Waals surface area contributed by atoms with E-state index in [0.29, 0.717) is 5.41 Å². The van der Waals surface area contributed by atoms with E-state index in [4.69, 9.17) is 12.2 Å². The number of hydrogen-bond acceptors (Lipinski definition) is 1. The van der Waals surface area contributed by atoms with E-state index in [-0.39, 0.29) is 5.54 Å². The molecule has 0 aromatic carbocycles. The average Bonchev–Trinajstić information content (AvgIpc) is 1.78. The average molecular weight is 216 g/mol. The lowest BCUT2D eigenvalue weighted by molar-refractivity contribution is 0.266. The zero-order valence-electron chi connectivity index (χ0n) is 10.3. The molecule has 84 valence electrons. The van der Waals surface area contributed by atoms with Crippen LogP contribution in [0.25, 0.3) is 0 Å². The van der Waals surface area contributed by atoms with Crippen LogP contribution in [0.5, 0.6) is 0 Å². The van der Waals surface area contributed by atoms with Gasteiger partial charge in [0.1, 0.15) is 0 Å². The van der Waals surface area contributed by atoms with Gasteiger partial charge in [0.25, 0.3) is 0 Å². The molecule has 0 spiro atoms. The van der Waals surface area contributed by atoms with Crippen molar-refractivity contribution >= 4 is 17.3 Å². The summed E-state index contributed by atoms with van der Waals surface area (Å²) in [7, 11) is 0. The van der Waals surface area contributed by atoms with Crippen molar-refractivity contribution in [2.45, 2.75) is 53.5 Å². The van der Waals surface area contributed by atoms with Crippen LogP contribution in [0.2, 0.25) is 0 Å². The SMILES string of the molecule is CCNC(=S)NC(C)(C)CC(C)(C)C. The highest BCUT2D eigenvalue weighted by molar-refractivity contribution is 7.80. The van der Waals surface area contributed by atoms with E-state index >= 15 is 0 Å². The monoisotopic (exact) mass is 216 g/mol. The molecular formula is C11H24N2S. The van der Waals surface area contributed by atoms with Gasteiger partial charge < -0.3 is 10.6 Å². The minimum atomic E-state index is 0.0531. The molecule has 0 aromatic heterocycles. The molecule has 0 aliphatic carbocycles. The highest BCUT2D eigenvalue weighted by atomic mass is 32.1. The van der Waals surface area contributed by atoms with Crippen molar-refractivity contribution in [1.29, 1.82) is 0 Å². The Morgan fingerprint density at radius 3 is 2.00 bits per heavy atom. The summed E-state index contributed by atoms with van der Waals surface area (Å²) >= 11 is 5.17. The molecule has 0 saturated heterocycles. The minimum absolute atomic E-state index is 0.0531. The first-order valence-corrected chi connectivity index (χ1v) is 5.63. The molecule has 0 amide bonds. The third kappa shape index (κ3) is 7.13. The largest absolute Gasteiger partial charge is 0.363 e. The van der Waals surface area contributed by atoms with Gasteiger partial charge in [-0.2, -0.15) is 0 Å². The Kier molecular flexibility index (Phi) is 4.85. The third-order valence-corrected chi connectivity index (χ3v) is 2.01. The van der Waals surface area contributed by atoms with Crippen LogP contribution in [0.1, 0.15) is 48.0 Å². The first-order chi connectivity index (χ1) is 6.16. The summed E-state index contributed by atoms with van der Waals surface area (Å²) in [5.41, 5.74) is 0.371. The van der Waals surface area contributed by atoms with E-state index in [1.807, 2.05) is 6.92 Å². The Morgan fingerprint density at radius 2 is 1.64 bits per heavy atom. The van der Waals surface area contributed by atoms with E-state index < -0.39 is 0 Å². The van der Waals surface area contributed by atoms with Crippen LogP contribution < -0.4 is 10.6 Å². The van der Waals surface area contributed by atoms with E-state index in [0.717, 1.165) is 18.1 Å². The number of rotatable bonds is 3. The van der Waals surface area contributed by atoms with E-state index in [2.05, 4.69) is 45.3 Å². The fourth-order valence-corrected chi connectivity index (χ4v) is 2.30. The Hall–Kier alpha value is -0.310. The smallest absolute Gasteiger partial charge is 0.166 e. The van der Waals surface area contributed by atoms with Crippen LogP contribution in [-0.2, 0) is 0 Å². The molecule has 0 atom stereocenters. The molecular weight excluding hydrogens is 192 g/mol. The van der Waals surface area contributed by atoms with Crippen LogP contribution >= 0.6 is 12.2 Å². The van der Waals surface area contributed by atoms with Gasteiger partial charge in [0.05, 0.1) is 0 Å². The molecule has 0 bridgehead atoms. The van der Waals surface area contributed by atoms with Crippen molar-refractivity contribution in [3.8, 4) is 0 Å². The topological polar surface area (TPSA) is 24.1 Å². The van der Waals surface area contributed by atoms with Crippen molar-refractivity contribution in [1.82, 2.24) is 10.6 Å². The molecule has 2 N–H and O–H groups in total. The first-order valence-electron chi connectivity index (χ1n) is 5.22. The van der Waals surface area contributed by atoms with Crippen LogP contribution in [-0.4, -0.2) is 17.2 Å². The molecule has 14 heavy (non-hydrogen) atoms. The van der Waals surface area contributed by atoms with Gasteiger partial charge in [0.15, 0.2) is 5.11 Å². The van der Waals surface area contributed by atoms with Gasteiger partial charge >= 0.3 is 0 Å². The maximum atomic E-state index is 5.17. The Labute approximate surface area is 93.8 Å². The molecule has 0 heterocycles. The Morgan fingerprint density at radius 1 is 1.14 bits per heavy atom. The van der Waals surface area contributed by atoms with Crippen molar-refractivity contribution < 1.29 is 0 Å². The van der Waals surface area contributed by atoms with Gasteiger partial charge in [-0.1, -0.05) is 20.8 Å². The molecule has 0 aliphatic heterocycles. The maximum Gasteiger partial charge on any atom is 0.166 e. The van der Waals surface area contributed by atoms with Crippen LogP contribution in [0.15, 0.2) is 0 Å². The number of nitrogens with one attached hydrogen (secondary N) is 2. The molecule has 2 nitrogen and oxygen atoms in total. The van der Waals surface area contributed by atoms with Gasteiger partial charge in [-0.05, 0) is 44.8 Å². The normalized spacial score (nSPS) is 12.4. The highest BCUT2D eigenvalue weighted by Crippen LogP contribution is 2.26. The van der Waals surface area contributed by atoms with Crippen LogP contribution in [0, 0.1) is 5.41 Å². The zero-order valence-corrected chi connectivity index (χ0v) is 11.1. The second kappa shape index (κ2) is 4.96. The quantitative estimate of drug-likeness (QED) is 0.709. The molecule has 3 heteroatoms. The van der Waals surface area contributed by atoms with Gasteiger partial charge in [-0.15, -0.1) is 0 Å². The predicted molar refractivity (Wildman–Crippen MR) is 67.6 cm³/mol. The van der Waals surface area contributed by atoms with Crippen molar-refractivity contribution in [2.24, 2.45) is 5.41 Å². The Balaban J connectivity index is 4.13. The highest BCUT2D eigenvalue weighted by Gasteiger charge is 2.25. The molecule has 0 aliphatic rings. The molecule has 0 aromatic rings. The minimum Gasteiger partial charge on any atom is -0.363 e. The van der Waals surface area contributed by atoms with E-state index in [1.54, 1.807) is 0 Å². The van der Waals surface area contributed by atoms with Crippen molar-refractivity contribution in [3.63, 3.8) is 0 Å². The van der Waals surface area contributed by atoms with Crippen molar-refractivity contribution in [2.75, 3.05) is 6.54 Å². The summed E-state index contributed by atoms with van der Waals surface area (Å²) in [4.78, 5) is 0. The summed E-state index contributed by atoms with van der Waals surface area (Å²) in [5.74, 6) is 0. The molecule has 0 rings (SSSR count). The third-order valence-electron chi connectivity index (χ3n) is 1.76. The summed E-state index contributed by atoms with van der Waals surface area (Å²) in [6.45, 7) is 14.0. The van der Waals surface area contributed by atoms with Gasteiger partial charge in [0, 0.05) is 12.1 Å². The standard InChI is InChI=1S/C11H24N2S/c1-7-12-9(14)13-11(5,6)8-10(2,3)4/h7-8H2,1-6H3,(H2,12,13,14). The van der Waals surface area contributed by atoms with Crippen molar-refractivity contribution in [3.05, 3.63) is 0 Å². The summed E-state index contributed by atoms with van der Waals surface area (Å²) in [6, 6.07) is 0. The number of thiocarbonyl (C=S) groups is 1. The molecule has 0 saturated carbocycles. The fourth-order valence-electron chi connectivity index (χ4n) is 1.88. The van der Waals surface area contributed by atoms with Crippen LogP contribution in [0.4, 0.5) is 0 Å². The summed E-state index contributed by atoms with van der Waals surface area (Å²) in [5, 5.41) is 7.19. The maximum absolute atomic E-state index is 5.17. The summed E-state index contributed by atoms with van der Waals surface area (Å²) < 4.78 is 0. The summed E-state index contributed by atoms with van der Waals surface area (Å²) in [6.07, 6.45) is 1.09. The fraction of sp³-hybridized carbons (Fsp3) is 0.909. The lowest BCUT2D eigenvalue weighted by atomic mass is 9.82. The lowest BCUT2D eigenvalue weighted by Crippen LogP contribution is -2.49. The molecule has 0 radical (unpaired) electrons. The molecule has 0 fully saturated rings. The van der Waals surface area contributed by atoms with E-state index in [1.165, 1.54) is 0 Å². The second-order valence-electron chi connectivity index (χ2n) is 5.61. The van der Waals surface area contributed by atoms with Gasteiger partial charge in [-0.3, -0.25) is 0 Å². The van der Waals surface area contributed by atoms with E-state index in [9.17, 15) is 0 Å². The molecule has 0 unspecified atom stereocenters. The van der Waals surface area contributed by atoms with Crippen LogP contribution in [0.3, 0.4) is 0 Å². The second-order valence-corrected chi connectivity index (χ2v) is 6.01. The zero-order chi connectivity index (χ0) is 11.4. The van der Waals surface area contributed by atoms with Gasteiger partial charge in [-0.25, -0.2) is 0 Å². The first kappa shape index (κ1) is 13.7.